The van der Waals surface area contributed by atoms with Crippen molar-refractivity contribution < 1.29 is 4.74 Å². The fourth-order valence-corrected chi connectivity index (χ4v) is 2.06. The number of hydrogen-bond acceptors (Lipinski definition) is 2. The summed E-state index contributed by atoms with van der Waals surface area (Å²) in [6.45, 7) is 3.14. The molecule has 0 amide bonds. The lowest BCUT2D eigenvalue weighted by Gasteiger charge is -2.10. The molecule has 0 spiro atoms. The van der Waals surface area contributed by atoms with Crippen LogP contribution in [0.25, 0.3) is 11.1 Å². The van der Waals surface area contributed by atoms with E-state index in [1.165, 1.54) is 0 Å². The molecule has 2 nitrogen and oxygen atoms in total. The third kappa shape index (κ3) is 2.84. The van der Waals surface area contributed by atoms with Crippen LogP contribution < -0.4 is 10.5 Å². The monoisotopic (exact) mass is 261 g/mol. The predicted molar refractivity (Wildman–Crippen MR) is 75.9 cm³/mol. The fraction of sp³-hybridized carbons (Fsp3) is 0.200. The Bertz CT molecular complexity index is 523. The van der Waals surface area contributed by atoms with Crippen molar-refractivity contribution in [1.29, 1.82) is 0 Å². The first-order chi connectivity index (χ1) is 8.74. The van der Waals surface area contributed by atoms with Crippen LogP contribution in [-0.2, 0) is 6.54 Å². The Kier molecular flexibility index (Phi) is 4.24. The van der Waals surface area contributed by atoms with Gasteiger partial charge in [-0.05, 0) is 47.9 Å². The number of halogens is 1. The molecule has 0 heterocycles. The highest BCUT2D eigenvalue weighted by atomic mass is 35.5. The maximum atomic E-state index is 6.04. The highest BCUT2D eigenvalue weighted by molar-refractivity contribution is 6.30. The topological polar surface area (TPSA) is 35.2 Å². The van der Waals surface area contributed by atoms with Gasteiger partial charge >= 0.3 is 0 Å². The molecule has 2 aromatic rings. The van der Waals surface area contributed by atoms with Gasteiger partial charge in [-0.25, -0.2) is 0 Å². The summed E-state index contributed by atoms with van der Waals surface area (Å²) in [4.78, 5) is 0. The van der Waals surface area contributed by atoms with Crippen molar-refractivity contribution in [2.24, 2.45) is 5.73 Å². The normalized spacial score (nSPS) is 10.4. The Morgan fingerprint density at radius 1 is 1.11 bits per heavy atom. The molecule has 0 aliphatic rings. The molecule has 0 aliphatic carbocycles. The van der Waals surface area contributed by atoms with E-state index in [0.29, 0.717) is 13.2 Å². The second-order valence-electron chi connectivity index (χ2n) is 3.96. The van der Waals surface area contributed by atoms with Crippen LogP contribution in [0.5, 0.6) is 5.75 Å². The van der Waals surface area contributed by atoms with E-state index in [0.717, 1.165) is 27.5 Å². The van der Waals surface area contributed by atoms with Crippen molar-refractivity contribution >= 4 is 11.6 Å². The average Bonchev–Trinajstić information content (AvgIpc) is 2.40. The molecule has 0 aromatic heterocycles. The Hall–Kier alpha value is -1.51. The Balaban J connectivity index is 2.38. The number of nitrogens with two attached hydrogens (primary N) is 1. The van der Waals surface area contributed by atoms with Crippen LogP contribution in [0.4, 0.5) is 0 Å². The lowest BCUT2D eigenvalue weighted by molar-refractivity contribution is 0.340. The van der Waals surface area contributed by atoms with Gasteiger partial charge in [-0.3, -0.25) is 0 Å². The molecule has 2 aromatic carbocycles. The quantitative estimate of drug-likeness (QED) is 0.907. The van der Waals surface area contributed by atoms with Crippen molar-refractivity contribution in [3.8, 4) is 16.9 Å². The lowest BCUT2D eigenvalue weighted by atomic mass is 10.00. The maximum absolute atomic E-state index is 6.04. The average molecular weight is 262 g/mol. The zero-order valence-corrected chi connectivity index (χ0v) is 11.1. The minimum Gasteiger partial charge on any atom is -0.494 e. The van der Waals surface area contributed by atoms with Gasteiger partial charge in [0.15, 0.2) is 0 Å². The molecule has 2 rings (SSSR count). The molecule has 0 fully saturated rings. The molecule has 3 heteroatoms. The third-order valence-electron chi connectivity index (χ3n) is 2.77. The standard InChI is InChI=1S/C15H16ClNO/c1-2-18-14-7-4-11(5-8-14)15-9-13(16)6-3-12(15)10-17/h3-9H,2,10,17H2,1H3. The second kappa shape index (κ2) is 5.89. The van der Waals surface area contributed by atoms with Gasteiger partial charge in [0.25, 0.3) is 0 Å². The number of hydrogen-bond donors (Lipinski definition) is 1. The Labute approximate surface area is 112 Å². The van der Waals surface area contributed by atoms with Crippen molar-refractivity contribution in [2.75, 3.05) is 6.61 Å². The van der Waals surface area contributed by atoms with Gasteiger partial charge < -0.3 is 10.5 Å². The first-order valence-electron chi connectivity index (χ1n) is 5.96. The summed E-state index contributed by atoms with van der Waals surface area (Å²) in [5, 5.41) is 0.719. The number of benzene rings is 2. The fourth-order valence-electron chi connectivity index (χ4n) is 1.89. The molecular weight excluding hydrogens is 246 g/mol. The van der Waals surface area contributed by atoms with Crippen molar-refractivity contribution in [1.82, 2.24) is 0 Å². The second-order valence-corrected chi connectivity index (χ2v) is 4.40. The highest BCUT2D eigenvalue weighted by Crippen LogP contribution is 2.28. The SMILES string of the molecule is CCOc1ccc(-c2cc(Cl)ccc2CN)cc1. The molecule has 2 N–H and O–H groups in total. The molecule has 94 valence electrons. The zero-order chi connectivity index (χ0) is 13.0. The zero-order valence-electron chi connectivity index (χ0n) is 10.3. The van der Waals surface area contributed by atoms with Gasteiger partial charge in [-0.15, -0.1) is 0 Å². The Morgan fingerprint density at radius 3 is 2.44 bits per heavy atom. The highest BCUT2D eigenvalue weighted by Gasteiger charge is 2.05. The number of ether oxygens (including phenoxy) is 1. The number of rotatable bonds is 4. The summed E-state index contributed by atoms with van der Waals surface area (Å²) in [6, 6.07) is 13.7. The van der Waals surface area contributed by atoms with E-state index in [2.05, 4.69) is 0 Å². The summed E-state index contributed by atoms with van der Waals surface area (Å²) in [5.74, 6) is 0.873. The van der Waals surface area contributed by atoms with Crippen LogP contribution in [0, 0.1) is 0 Å². The lowest BCUT2D eigenvalue weighted by Crippen LogP contribution is -1.99. The molecule has 0 saturated carbocycles. The van der Waals surface area contributed by atoms with Crippen molar-refractivity contribution in [2.45, 2.75) is 13.5 Å². The molecule has 0 atom stereocenters. The minimum absolute atomic E-state index is 0.500. The first-order valence-corrected chi connectivity index (χ1v) is 6.34. The predicted octanol–water partition coefficient (Wildman–Crippen LogP) is 3.86. The van der Waals surface area contributed by atoms with Crippen LogP contribution in [0.2, 0.25) is 5.02 Å². The van der Waals surface area contributed by atoms with Crippen LogP contribution in [0.1, 0.15) is 12.5 Å². The molecule has 0 unspecified atom stereocenters. The molecule has 0 bridgehead atoms. The van der Waals surface area contributed by atoms with E-state index < -0.39 is 0 Å². The maximum Gasteiger partial charge on any atom is 0.119 e. The minimum atomic E-state index is 0.500. The Morgan fingerprint density at radius 2 is 1.83 bits per heavy atom. The van der Waals surface area contributed by atoms with Gasteiger partial charge in [-0.1, -0.05) is 29.8 Å². The smallest absolute Gasteiger partial charge is 0.119 e. The van der Waals surface area contributed by atoms with E-state index >= 15 is 0 Å². The molecule has 18 heavy (non-hydrogen) atoms. The van der Waals surface area contributed by atoms with Crippen molar-refractivity contribution in [3.63, 3.8) is 0 Å². The van der Waals surface area contributed by atoms with Gasteiger partial charge in [0.2, 0.25) is 0 Å². The third-order valence-corrected chi connectivity index (χ3v) is 3.00. The van der Waals surface area contributed by atoms with Gasteiger partial charge in [0, 0.05) is 11.6 Å². The largest absolute Gasteiger partial charge is 0.494 e. The van der Waals surface area contributed by atoms with Gasteiger partial charge in [-0.2, -0.15) is 0 Å². The van der Waals surface area contributed by atoms with Gasteiger partial charge in [0.05, 0.1) is 6.61 Å². The summed E-state index contributed by atoms with van der Waals surface area (Å²) < 4.78 is 5.43. The summed E-state index contributed by atoms with van der Waals surface area (Å²) in [5.41, 5.74) is 9.01. The van der Waals surface area contributed by atoms with Crippen LogP contribution in [0.15, 0.2) is 42.5 Å². The molecule has 0 saturated heterocycles. The van der Waals surface area contributed by atoms with Crippen LogP contribution >= 0.6 is 11.6 Å². The van der Waals surface area contributed by atoms with E-state index in [1.54, 1.807) is 0 Å². The summed E-state index contributed by atoms with van der Waals surface area (Å²) >= 11 is 6.04. The summed E-state index contributed by atoms with van der Waals surface area (Å²) in [7, 11) is 0. The summed E-state index contributed by atoms with van der Waals surface area (Å²) in [6.07, 6.45) is 0. The van der Waals surface area contributed by atoms with E-state index in [9.17, 15) is 0 Å². The molecule has 0 radical (unpaired) electrons. The van der Waals surface area contributed by atoms with Crippen molar-refractivity contribution in [3.05, 3.63) is 53.1 Å². The van der Waals surface area contributed by atoms with E-state index in [4.69, 9.17) is 22.1 Å². The van der Waals surface area contributed by atoms with Gasteiger partial charge in [0.1, 0.15) is 5.75 Å². The molecular formula is C15H16ClNO. The van der Waals surface area contributed by atoms with Crippen LogP contribution in [0.3, 0.4) is 0 Å². The van der Waals surface area contributed by atoms with E-state index in [1.807, 2.05) is 49.4 Å². The van der Waals surface area contributed by atoms with Crippen LogP contribution in [-0.4, -0.2) is 6.61 Å². The molecule has 0 aliphatic heterocycles. The first kappa shape index (κ1) is 12.9. The van der Waals surface area contributed by atoms with E-state index in [-0.39, 0.29) is 0 Å².